The van der Waals surface area contributed by atoms with Gasteiger partial charge in [-0.3, -0.25) is 4.90 Å². The number of likely N-dealkylation sites (tertiary alicyclic amines) is 1. The maximum absolute atomic E-state index is 10.2. The molecule has 0 aromatic heterocycles. The molecule has 3 heteroatoms. The number of hydrogen-bond donors (Lipinski definition) is 2. The van der Waals surface area contributed by atoms with Crippen LogP contribution in [0.3, 0.4) is 0 Å². The number of aliphatic hydroxyl groups excluding tert-OH is 1. The van der Waals surface area contributed by atoms with Crippen molar-refractivity contribution in [1.29, 1.82) is 0 Å². The molecule has 1 saturated heterocycles. The van der Waals surface area contributed by atoms with Crippen molar-refractivity contribution in [2.24, 2.45) is 0 Å². The minimum absolute atomic E-state index is 0.129. The highest BCUT2D eigenvalue weighted by Crippen LogP contribution is 2.32. The monoisotopic (exact) mass is 290 g/mol. The largest absolute Gasteiger partial charge is 0.394 e. The summed E-state index contributed by atoms with van der Waals surface area (Å²) < 4.78 is 0. The molecule has 1 aliphatic heterocycles. The molecule has 0 radical (unpaired) electrons. The van der Waals surface area contributed by atoms with Gasteiger partial charge in [-0.15, -0.1) is 0 Å². The first-order valence-corrected chi connectivity index (χ1v) is 8.20. The first-order valence-electron chi connectivity index (χ1n) is 8.20. The average molecular weight is 290 g/mol. The molecule has 1 unspecified atom stereocenters. The molecule has 0 spiro atoms. The summed E-state index contributed by atoms with van der Waals surface area (Å²) >= 11 is 0. The third-order valence-electron chi connectivity index (χ3n) is 4.84. The number of rotatable bonds is 7. The lowest BCUT2D eigenvalue weighted by molar-refractivity contribution is 0.0742. The lowest BCUT2D eigenvalue weighted by atomic mass is 9.88. The molecule has 0 amide bonds. The molecule has 2 rings (SSSR count). The van der Waals surface area contributed by atoms with Crippen molar-refractivity contribution in [2.75, 3.05) is 26.2 Å². The summed E-state index contributed by atoms with van der Waals surface area (Å²) in [5.74, 6) is 0. The minimum atomic E-state index is -0.362. The molecule has 21 heavy (non-hydrogen) atoms. The second kappa shape index (κ2) is 6.91. The highest BCUT2D eigenvalue weighted by Gasteiger charge is 2.39. The van der Waals surface area contributed by atoms with E-state index in [1.165, 1.54) is 18.4 Å². The van der Waals surface area contributed by atoms with Gasteiger partial charge in [-0.05, 0) is 51.8 Å². The van der Waals surface area contributed by atoms with Crippen LogP contribution in [-0.4, -0.2) is 41.8 Å². The van der Waals surface area contributed by atoms with Gasteiger partial charge in [0.05, 0.1) is 12.1 Å². The van der Waals surface area contributed by atoms with E-state index in [9.17, 15) is 5.11 Å². The molecule has 3 nitrogen and oxygen atoms in total. The number of nitrogens with zero attached hydrogens (tertiary/aromatic N) is 1. The first-order chi connectivity index (χ1) is 10.0. The molecule has 1 fully saturated rings. The number of benzene rings is 1. The molecule has 1 atom stereocenters. The van der Waals surface area contributed by atoms with Gasteiger partial charge in [0.25, 0.3) is 0 Å². The van der Waals surface area contributed by atoms with E-state index in [4.69, 9.17) is 0 Å². The molecule has 0 bridgehead atoms. The summed E-state index contributed by atoms with van der Waals surface area (Å²) in [5, 5.41) is 13.8. The van der Waals surface area contributed by atoms with E-state index < -0.39 is 0 Å². The van der Waals surface area contributed by atoms with Crippen LogP contribution in [0.4, 0.5) is 0 Å². The molecule has 118 valence electrons. The van der Waals surface area contributed by atoms with Crippen LogP contribution >= 0.6 is 0 Å². The van der Waals surface area contributed by atoms with Crippen LogP contribution in [-0.2, 0) is 5.54 Å². The van der Waals surface area contributed by atoms with Crippen LogP contribution < -0.4 is 5.32 Å². The first kappa shape index (κ1) is 16.5. The van der Waals surface area contributed by atoms with Gasteiger partial charge in [-0.2, -0.15) is 0 Å². The quantitative estimate of drug-likeness (QED) is 0.810. The molecule has 2 N–H and O–H groups in total. The van der Waals surface area contributed by atoms with Crippen molar-refractivity contribution in [3.63, 3.8) is 0 Å². The fourth-order valence-electron chi connectivity index (χ4n) is 3.35. The summed E-state index contributed by atoms with van der Waals surface area (Å²) in [6.07, 6.45) is 3.55. The van der Waals surface area contributed by atoms with Gasteiger partial charge in [0.15, 0.2) is 0 Å². The fraction of sp³-hybridized carbons (Fsp3) is 0.667. The Labute approximate surface area is 129 Å². The van der Waals surface area contributed by atoms with Crippen LogP contribution in [0, 0.1) is 0 Å². The predicted molar refractivity (Wildman–Crippen MR) is 88.4 cm³/mol. The van der Waals surface area contributed by atoms with Gasteiger partial charge in [0.2, 0.25) is 0 Å². The van der Waals surface area contributed by atoms with Crippen molar-refractivity contribution < 1.29 is 5.11 Å². The Balaban J connectivity index is 2.27. The Bertz CT molecular complexity index is 432. The van der Waals surface area contributed by atoms with Crippen molar-refractivity contribution in [3.05, 3.63) is 35.9 Å². The third kappa shape index (κ3) is 3.65. The van der Waals surface area contributed by atoms with Crippen molar-refractivity contribution in [1.82, 2.24) is 10.2 Å². The van der Waals surface area contributed by atoms with E-state index in [1.54, 1.807) is 0 Å². The zero-order chi connectivity index (χ0) is 15.3. The molecular weight excluding hydrogens is 260 g/mol. The molecule has 1 aromatic rings. The summed E-state index contributed by atoms with van der Waals surface area (Å²) in [6.45, 7) is 9.82. The minimum Gasteiger partial charge on any atom is -0.394 e. The Morgan fingerprint density at radius 2 is 2.00 bits per heavy atom. The van der Waals surface area contributed by atoms with E-state index >= 15 is 0 Å². The van der Waals surface area contributed by atoms with Gasteiger partial charge in [0, 0.05) is 12.1 Å². The van der Waals surface area contributed by atoms with Crippen LogP contribution in [0.1, 0.15) is 45.6 Å². The number of nitrogens with one attached hydrogen (secondary N) is 1. The Morgan fingerprint density at radius 1 is 1.29 bits per heavy atom. The zero-order valence-electron chi connectivity index (χ0n) is 13.7. The van der Waals surface area contributed by atoms with Gasteiger partial charge < -0.3 is 10.4 Å². The third-order valence-corrected chi connectivity index (χ3v) is 4.84. The Kier molecular flexibility index (Phi) is 5.42. The zero-order valence-corrected chi connectivity index (χ0v) is 13.7. The Morgan fingerprint density at radius 3 is 2.52 bits per heavy atom. The molecule has 0 saturated carbocycles. The van der Waals surface area contributed by atoms with E-state index in [0.717, 1.165) is 26.1 Å². The van der Waals surface area contributed by atoms with E-state index in [-0.39, 0.29) is 17.7 Å². The lowest BCUT2D eigenvalue weighted by Crippen LogP contribution is -2.56. The lowest BCUT2D eigenvalue weighted by Gasteiger charge is -2.42. The normalized spacial score (nSPS) is 21.3. The molecule has 1 aliphatic rings. The van der Waals surface area contributed by atoms with E-state index in [2.05, 4.69) is 55.3 Å². The number of hydrogen-bond acceptors (Lipinski definition) is 3. The van der Waals surface area contributed by atoms with Crippen molar-refractivity contribution >= 4 is 0 Å². The maximum atomic E-state index is 10.2. The maximum Gasteiger partial charge on any atom is 0.0798 e. The summed E-state index contributed by atoms with van der Waals surface area (Å²) in [5.41, 5.74) is 1.05. The highest BCUT2D eigenvalue weighted by atomic mass is 16.3. The van der Waals surface area contributed by atoms with E-state index in [0.29, 0.717) is 0 Å². The average Bonchev–Trinajstić information content (AvgIpc) is 2.83. The van der Waals surface area contributed by atoms with Crippen LogP contribution in [0.15, 0.2) is 30.3 Å². The van der Waals surface area contributed by atoms with Gasteiger partial charge in [-0.1, -0.05) is 37.3 Å². The molecule has 1 aromatic carbocycles. The van der Waals surface area contributed by atoms with Crippen LogP contribution in [0.25, 0.3) is 0 Å². The number of aliphatic hydroxyl groups is 1. The van der Waals surface area contributed by atoms with Crippen molar-refractivity contribution in [2.45, 2.75) is 51.1 Å². The smallest absolute Gasteiger partial charge is 0.0798 e. The SMILES string of the molecule is CCCNC(CO)(CN1CCCC1(C)C)c1ccccc1. The molecular formula is C18H30N2O. The van der Waals surface area contributed by atoms with Crippen LogP contribution in [0.5, 0.6) is 0 Å². The topological polar surface area (TPSA) is 35.5 Å². The molecule has 0 aliphatic carbocycles. The summed E-state index contributed by atoms with van der Waals surface area (Å²) in [4.78, 5) is 2.53. The summed E-state index contributed by atoms with van der Waals surface area (Å²) in [6, 6.07) is 10.4. The van der Waals surface area contributed by atoms with Gasteiger partial charge in [0.1, 0.15) is 0 Å². The highest BCUT2D eigenvalue weighted by molar-refractivity contribution is 5.26. The van der Waals surface area contributed by atoms with Gasteiger partial charge in [-0.25, -0.2) is 0 Å². The van der Waals surface area contributed by atoms with E-state index in [1.807, 2.05) is 6.07 Å². The standard InChI is InChI=1S/C18H30N2O/c1-4-12-19-18(15-21,16-9-6-5-7-10-16)14-20-13-8-11-17(20,2)3/h5-7,9-10,19,21H,4,8,11-15H2,1-3H3. The van der Waals surface area contributed by atoms with Crippen molar-refractivity contribution in [3.8, 4) is 0 Å². The second-order valence-corrected chi connectivity index (χ2v) is 6.87. The predicted octanol–water partition coefficient (Wildman–Crippen LogP) is 2.75. The van der Waals surface area contributed by atoms with Crippen LogP contribution in [0.2, 0.25) is 0 Å². The second-order valence-electron chi connectivity index (χ2n) is 6.87. The molecule has 1 heterocycles. The van der Waals surface area contributed by atoms with Gasteiger partial charge >= 0.3 is 0 Å². The Hall–Kier alpha value is -0.900. The fourth-order valence-corrected chi connectivity index (χ4v) is 3.35. The summed E-state index contributed by atoms with van der Waals surface area (Å²) in [7, 11) is 0.